The number of aromatic nitrogens is 2. The minimum atomic E-state index is -4.20. The largest absolute Gasteiger partial charge is 0.393 e. The molecular formula is C10H12F3N5. The van der Waals surface area contributed by atoms with Gasteiger partial charge in [-0.3, -0.25) is 5.41 Å². The summed E-state index contributed by atoms with van der Waals surface area (Å²) in [5, 5.41) is 7.34. The van der Waals surface area contributed by atoms with Crippen LogP contribution < -0.4 is 10.6 Å². The van der Waals surface area contributed by atoms with E-state index in [4.69, 9.17) is 11.1 Å². The van der Waals surface area contributed by atoms with Gasteiger partial charge in [-0.05, 0) is 6.42 Å². The minimum Gasteiger partial charge on any atom is -0.382 e. The van der Waals surface area contributed by atoms with Gasteiger partial charge in [-0.15, -0.1) is 0 Å². The first-order chi connectivity index (χ1) is 8.39. The molecule has 2 rings (SSSR count). The van der Waals surface area contributed by atoms with E-state index in [0.29, 0.717) is 0 Å². The number of nitrogens with zero attached hydrogens (tertiary/aromatic N) is 3. The highest BCUT2D eigenvalue weighted by Crippen LogP contribution is 2.35. The van der Waals surface area contributed by atoms with Gasteiger partial charge in [0.25, 0.3) is 0 Å². The highest BCUT2D eigenvalue weighted by atomic mass is 19.4. The molecule has 1 fully saturated rings. The molecule has 1 saturated heterocycles. The highest BCUT2D eigenvalue weighted by Gasteiger charge is 2.44. The molecular weight excluding hydrogens is 247 g/mol. The Labute approximate surface area is 101 Å². The first-order valence-electron chi connectivity index (χ1n) is 5.36. The zero-order chi connectivity index (χ0) is 13.3. The molecule has 1 unspecified atom stereocenters. The van der Waals surface area contributed by atoms with Gasteiger partial charge in [0, 0.05) is 25.5 Å². The Hall–Kier alpha value is -1.86. The van der Waals surface area contributed by atoms with E-state index in [9.17, 15) is 13.2 Å². The number of amidine groups is 1. The monoisotopic (exact) mass is 259 g/mol. The summed E-state index contributed by atoms with van der Waals surface area (Å²) in [5.74, 6) is -1.41. The molecule has 5 nitrogen and oxygen atoms in total. The molecule has 0 aromatic carbocycles. The van der Waals surface area contributed by atoms with E-state index < -0.39 is 12.1 Å². The summed E-state index contributed by atoms with van der Waals surface area (Å²) in [6, 6.07) is 0. The molecule has 0 spiro atoms. The Balaban J connectivity index is 2.22. The molecule has 1 atom stereocenters. The lowest BCUT2D eigenvalue weighted by atomic mass is 10.1. The molecule has 2 heterocycles. The van der Waals surface area contributed by atoms with Crippen molar-refractivity contribution in [3.05, 3.63) is 18.1 Å². The van der Waals surface area contributed by atoms with Crippen molar-refractivity contribution in [2.45, 2.75) is 12.6 Å². The predicted molar refractivity (Wildman–Crippen MR) is 59.4 cm³/mol. The van der Waals surface area contributed by atoms with Gasteiger partial charge in [0.2, 0.25) is 0 Å². The molecule has 98 valence electrons. The number of hydrogen-bond acceptors (Lipinski definition) is 4. The zero-order valence-corrected chi connectivity index (χ0v) is 9.41. The molecule has 1 aromatic rings. The van der Waals surface area contributed by atoms with Gasteiger partial charge in [0.15, 0.2) is 5.82 Å². The second-order valence-corrected chi connectivity index (χ2v) is 4.12. The summed E-state index contributed by atoms with van der Waals surface area (Å²) < 4.78 is 37.7. The Morgan fingerprint density at radius 1 is 1.39 bits per heavy atom. The molecule has 0 saturated carbocycles. The third kappa shape index (κ3) is 2.36. The van der Waals surface area contributed by atoms with Crippen molar-refractivity contribution < 1.29 is 13.2 Å². The van der Waals surface area contributed by atoms with Gasteiger partial charge in [-0.25, -0.2) is 9.97 Å². The molecule has 18 heavy (non-hydrogen) atoms. The average Bonchev–Trinajstić information content (AvgIpc) is 2.77. The van der Waals surface area contributed by atoms with Crippen molar-refractivity contribution in [1.29, 1.82) is 5.41 Å². The van der Waals surface area contributed by atoms with Crippen molar-refractivity contribution in [1.82, 2.24) is 9.97 Å². The predicted octanol–water partition coefficient (Wildman–Crippen LogP) is 1.15. The first kappa shape index (κ1) is 12.6. The second kappa shape index (κ2) is 4.43. The van der Waals surface area contributed by atoms with E-state index in [2.05, 4.69) is 9.97 Å². The number of nitrogens with two attached hydrogens (primary N) is 1. The molecule has 0 radical (unpaired) electrons. The molecule has 8 heteroatoms. The van der Waals surface area contributed by atoms with Crippen LogP contribution in [0.2, 0.25) is 0 Å². The van der Waals surface area contributed by atoms with E-state index >= 15 is 0 Å². The molecule has 0 bridgehead atoms. The van der Waals surface area contributed by atoms with Crippen LogP contribution in [0.15, 0.2) is 12.4 Å². The summed E-state index contributed by atoms with van der Waals surface area (Å²) in [6.07, 6.45) is -1.44. The number of alkyl halides is 3. The maximum atomic E-state index is 12.6. The standard InChI is InChI=1S/C10H12F3N5/c11-10(12,13)6-1-4-18(5-6)9-7(8(14)15)16-2-3-17-9/h2-3,6H,1,4-5H2,(H3,14,15). The Morgan fingerprint density at radius 3 is 2.61 bits per heavy atom. The van der Waals surface area contributed by atoms with Crippen LogP contribution in [0, 0.1) is 11.3 Å². The van der Waals surface area contributed by atoms with Crippen molar-refractivity contribution in [3.8, 4) is 0 Å². The van der Waals surface area contributed by atoms with Gasteiger partial charge in [0.1, 0.15) is 11.5 Å². The van der Waals surface area contributed by atoms with Crippen molar-refractivity contribution >= 4 is 11.7 Å². The van der Waals surface area contributed by atoms with E-state index in [-0.39, 0.29) is 36.9 Å². The topological polar surface area (TPSA) is 78.9 Å². The zero-order valence-electron chi connectivity index (χ0n) is 9.41. The van der Waals surface area contributed by atoms with Crippen LogP contribution in [0.5, 0.6) is 0 Å². The highest BCUT2D eigenvalue weighted by molar-refractivity contribution is 5.97. The van der Waals surface area contributed by atoms with Crippen LogP contribution >= 0.6 is 0 Å². The second-order valence-electron chi connectivity index (χ2n) is 4.12. The number of hydrogen-bond donors (Lipinski definition) is 2. The lowest BCUT2D eigenvalue weighted by Crippen LogP contribution is -2.30. The SMILES string of the molecule is N=C(N)c1nccnc1N1CCC(C(F)(F)F)C1. The van der Waals surface area contributed by atoms with E-state index in [1.54, 1.807) is 0 Å². The number of anilines is 1. The Kier molecular flexibility index (Phi) is 3.10. The van der Waals surface area contributed by atoms with Crippen LogP contribution in [0.1, 0.15) is 12.1 Å². The maximum Gasteiger partial charge on any atom is 0.393 e. The lowest BCUT2D eigenvalue weighted by Gasteiger charge is -2.20. The fraction of sp³-hybridized carbons (Fsp3) is 0.500. The molecule has 1 aromatic heterocycles. The minimum absolute atomic E-state index is 0.0252. The van der Waals surface area contributed by atoms with Gasteiger partial charge in [-0.1, -0.05) is 0 Å². The van der Waals surface area contributed by atoms with Gasteiger partial charge in [0.05, 0.1) is 5.92 Å². The van der Waals surface area contributed by atoms with Crippen LogP contribution in [0.25, 0.3) is 0 Å². The number of nitrogen functional groups attached to an aromatic ring is 1. The number of halogens is 3. The first-order valence-corrected chi connectivity index (χ1v) is 5.36. The van der Waals surface area contributed by atoms with E-state index in [0.717, 1.165) is 0 Å². The summed E-state index contributed by atoms with van der Waals surface area (Å²) in [7, 11) is 0. The molecule has 0 aliphatic carbocycles. The van der Waals surface area contributed by atoms with Crippen LogP contribution in [-0.4, -0.2) is 35.1 Å². The van der Waals surface area contributed by atoms with Crippen molar-refractivity contribution in [2.24, 2.45) is 11.7 Å². The van der Waals surface area contributed by atoms with Crippen molar-refractivity contribution in [2.75, 3.05) is 18.0 Å². The summed E-state index contributed by atoms with van der Waals surface area (Å²) in [4.78, 5) is 9.32. The summed E-state index contributed by atoms with van der Waals surface area (Å²) in [5.41, 5.74) is 5.46. The number of rotatable bonds is 2. The molecule has 0 amide bonds. The quantitative estimate of drug-likeness (QED) is 0.617. The van der Waals surface area contributed by atoms with Crippen LogP contribution in [-0.2, 0) is 0 Å². The summed E-state index contributed by atoms with van der Waals surface area (Å²) >= 11 is 0. The van der Waals surface area contributed by atoms with E-state index in [1.165, 1.54) is 17.3 Å². The van der Waals surface area contributed by atoms with E-state index in [1.807, 2.05) is 0 Å². The smallest absolute Gasteiger partial charge is 0.382 e. The third-order valence-corrected chi connectivity index (χ3v) is 2.88. The lowest BCUT2D eigenvalue weighted by molar-refractivity contribution is -0.168. The van der Waals surface area contributed by atoms with Gasteiger partial charge in [-0.2, -0.15) is 13.2 Å². The van der Waals surface area contributed by atoms with Crippen LogP contribution in [0.3, 0.4) is 0 Å². The van der Waals surface area contributed by atoms with Crippen LogP contribution in [0.4, 0.5) is 19.0 Å². The fourth-order valence-corrected chi connectivity index (χ4v) is 1.97. The molecule has 3 N–H and O–H groups in total. The molecule has 1 aliphatic heterocycles. The Morgan fingerprint density at radius 2 is 2.06 bits per heavy atom. The fourth-order valence-electron chi connectivity index (χ4n) is 1.97. The maximum absolute atomic E-state index is 12.6. The van der Waals surface area contributed by atoms with Gasteiger partial charge >= 0.3 is 6.18 Å². The summed E-state index contributed by atoms with van der Waals surface area (Å²) in [6.45, 7) is 0.0750. The Bertz CT molecular complexity index is 459. The average molecular weight is 259 g/mol. The normalized spacial score (nSPS) is 20.2. The van der Waals surface area contributed by atoms with Crippen molar-refractivity contribution in [3.63, 3.8) is 0 Å². The molecule has 1 aliphatic rings. The van der Waals surface area contributed by atoms with Gasteiger partial charge < -0.3 is 10.6 Å². The number of nitrogens with one attached hydrogen (secondary N) is 1. The third-order valence-electron chi connectivity index (χ3n) is 2.88.